The molecule has 0 aliphatic heterocycles. The summed E-state index contributed by atoms with van der Waals surface area (Å²) in [6.07, 6.45) is -8.73. The van der Waals surface area contributed by atoms with E-state index in [9.17, 15) is 26.3 Å². The van der Waals surface area contributed by atoms with E-state index in [2.05, 4.69) is 0 Å². The van der Waals surface area contributed by atoms with E-state index in [0.717, 1.165) is 6.07 Å². The van der Waals surface area contributed by atoms with E-state index in [1.165, 1.54) is 6.26 Å². The molecular formula is C9H5F6IS. The number of thioether (sulfide) groups is 1. The van der Waals surface area contributed by atoms with Crippen LogP contribution in [0.1, 0.15) is 11.1 Å². The average Bonchev–Trinajstić information content (AvgIpc) is 2.12. The molecule has 17 heavy (non-hydrogen) atoms. The Labute approximate surface area is 111 Å². The van der Waals surface area contributed by atoms with Crippen LogP contribution >= 0.6 is 34.4 Å². The second-order valence-corrected chi connectivity index (χ2v) is 5.12. The Morgan fingerprint density at radius 1 is 1.00 bits per heavy atom. The standard InChI is InChI=1S/C9H5F6IS/c1-17-6-3-4(16)2-5(8(10,11)12)7(6)9(13,14)15/h2-3H,1H3. The molecule has 0 aliphatic carbocycles. The number of benzene rings is 1. The second kappa shape index (κ2) is 4.87. The molecule has 96 valence electrons. The van der Waals surface area contributed by atoms with Crippen LogP contribution in [0.25, 0.3) is 0 Å². The van der Waals surface area contributed by atoms with E-state index >= 15 is 0 Å². The van der Waals surface area contributed by atoms with Crippen LogP contribution in [-0.4, -0.2) is 6.26 Å². The van der Waals surface area contributed by atoms with Crippen LogP contribution in [0.4, 0.5) is 26.3 Å². The van der Waals surface area contributed by atoms with E-state index in [1.807, 2.05) is 0 Å². The van der Waals surface area contributed by atoms with Gasteiger partial charge in [-0.05, 0) is 41.0 Å². The number of hydrogen-bond acceptors (Lipinski definition) is 1. The fraction of sp³-hybridized carbons (Fsp3) is 0.333. The molecule has 0 nitrogen and oxygen atoms in total. The zero-order chi connectivity index (χ0) is 13.4. The van der Waals surface area contributed by atoms with Gasteiger partial charge in [0.25, 0.3) is 0 Å². The lowest BCUT2D eigenvalue weighted by atomic mass is 10.1. The third-order valence-electron chi connectivity index (χ3n) is 1.88. The zero-order valence-electron chi connectivity index (χ0n) is 8.21. The van der Waals surface area contributed by atoms with Crippen molar-refractivity contribution in [3.63, 3.8) is 0 Å². The third-order valence-corrected chi connectivity index (χ3v) is 3.26. The summed E-state index contributed by atoms with van der Waals surface area (Å²) in [6, 6.07) is 1.59. The minimum absolute atomic E-state index is 0.118. The van der Waals surface area contributed by atoms with Gasteiger partial charge < -0.3 is 0 Å². The van der Waals surface area contributed by atoms with Gasteiger partial charge in [-0.2, -0.15) is 26.3 Å². The Balaban J connectivity index is 3.63. The number of alkyl halides is 6. The van der Waals surface area contributed by atoms with Crippen molar-refractivity contribution in [3.05, 3.63) is 26.8 Å². The normalized spacial score (nSPS) is 12.9. The highest BCUT2D eigenvalue weighted by molar-refractivity contribution is 14.1. The van der Waals surface area contributed by atoms with Gasteiger partial charge in [-0.3, -0.25) is 0 Å². The summed E-state index contributed by atoms with van der Waals surface area (Å²) >= 11 is 2.20. The van der Waals surface area contributed by atoms with Gasteiger partial charge in [0.05, 0.1) is 11.1 Å². The van der Waals surface area contributed by atoms with Gasteiger partial charge in [-0.15, -0.1) is 11.8 Å². The summed E-state index contributed by atoms with van der Waals surface area (Å²) < 4.78 is 75.7. The van der Waals surface area contributed by atoms with Gasteiger partial charge >= 0.3 is 12.4 Å². The van der Waals surface area contributed by atoms with Crippen molar-refractivity contribution in [2.24, 2.45) is 0 Å². The highest BCUT2D eigenvalue weighted by Gasteiger charge is 2.45. The molecule has 0 amide bonds. The first-order valence-corrected chi connectivity index (χ1v) is 6.39. The van der Waals surface area contributed by atoms with Crippen molar-refractivity contribution in [2.75, 3.05) is 6.26 Å². The van der Waals surface area contributed by atoms with Crippen LogP contribution in [0.15, 0.2) is 17.0 Å². The summed E-state index contributed by atoms with van der Waals surface area (Å²) in [7, 11) is 0. The van der Waals surface area contributed by atoms with E-state index < -0.39 is 28.4 Å². The number of hydrogen-bond donors (Lipinski definition) is 0. The molecule has 0 aliphatic rings. The second-order valence-electron chi connectivity index (χ2n) is 3.03. The van der Waals surface area contributed by atoms with Crippen LogP contribution in [-0.2, 0) is 12.4 Å². The summed E-state index contributed by atoms with van der Waals surface area (Å²) in [6.45, 7) is 0. The molecule has 0 aromatic heterocycles. The summed E-state index contributed by atoms with van der Waals surface area (Å²) in [5, 5.41) is 0. The van der Waals surface area contributed by atoms with Crippen molar-refractivity contribution >= 4 is 34.4 Å². The van der Waals surface area contributed by atoms with Gasteiger partial charge in [-0.1, -0.05) is 0 Å². The quantitative estimate of drug-likeness (QED) is 0.370. The Morgan fingerprint density at radius 3 is 1.88 bits per heavy atom. The third kappa shape index (κ3) is 3.43. The highest BCUT2D eigenvalue weighted by atomic mass is 127. The molecule has 0 saturated carbocycles. The molecule has 1 aromatic rings. The van der Waals surface area contributed by atoms with Crippen molar-refractivity contribution in [2.45, 2.75) is 17.2 Å². The van der Waals surface area contributed by atoms with Crippen LogP contribution in [0.2, 0.25) is 0 Å². The van der Waals surface area contributed by atoms with Crippen LogP contribution < -0.4 is 0 Å². The Bertz CT molecular complexity index is 423. The van der Waals surface area contributed by atoms with E-state index in [1.54, 1.807) is 22.6 Å². The molecule has 0 heterocycles. The van der Waals surface area contributed by atoms with Gasteiger partial charge in [0.15, 0.2) is 0 Å². The van der Waals surface area contributed by atoms with Crippen LogP contribution in [0, 0.1) is 3.57 Å². The lowest BCUT2D eigenvalue weighted by molar-refractivity contribution is -0.163. The summed E-state index contributed by atoms with van der Waals surface area (Å²) in [4.78, 5) is -0.420. The largest absolute Gasteiger partial charge is 0.418 e. The van der Waals surface area contributed by atoms with Crippen molar-refractivity contribution in [1.82, 2.24) is 0 Å². The first kappa shape index (κ1) is 14.9. The fourth-order valence-corrected chi connectivity index (χ4v) is 2.77. The molecular weight excluding hydrogens is 381 g/mol. The molecule has 1 aromatic carbocycles. The summed E-state index contributed by atoms with van der Waals surface area (Å²) in [5.41, 5.74) is -3.25. The summed E-state index contributed by atoms with van der Waals surface area (Å²) in [5.74, 6) is 0. The maximum Gasteiger partial charge on any atom is 0.418 e. The number of rotatable bonds is 1. The zero-order valence-corrected chi connectivity index (χ0v) is 11.2. The maximum absolute atomic E-state index is 12.6. The molecule has 8 heteroatoms. The van der Waals surface area contributed by atoms with Gasteiger partial charge in [0.2, 0.25) is 0 Å². The first-order valence-electron chi connectivity index (χ1n) is 4.09. The molecule has 0 atom stereocenters. The molecule has 1 rings (SSSR count). The van der Waals surface area contributed by atoms with Crippen molar-refractivity contribution in [1.29, 1.82) is 0 Å². The molecule has 0 unspecified atom stereocenters. The Morgan fingerprint density at radius 2 is 1.53 bits per heavy atom. The molecule has 0 saturated heterocycles. The molecule has 0 bridgehead atoms. The SMILES string of the molecule is CSc1cc(I)cc(C(F)(F)F)c1C(F)(F)F. The lowest BCUT2D eigenvalue weighted by Crippen LogP contribution is -2.18. The maximum atomic E-state index is 12.6. The van der Waals surface area contributed by atoms with E-state index in [0.29, 0.717) is 17.8 Å². The van der Waals surface area contributed by atoms with E-state index in [-0.39, 0.29) is 3.57 Å². The average molecular weight is 386 g/mol. The predicted octanol–water partition coefficient (Wildman–Crippen LogP) is 5.05. The van der Waals surface area contributed by atoms with Crippen molar-refractivity contribution < 1.29 is 26.3 Å². The lowest BCUT2D eigenvalue weighted by Gasteiger charge is -2.18. The monoisotopic (exact) mass is 386 g/mol. The smallest absolute Gasteiger partial charge is 0.166 e. The molecule has 0 radical (unpaired) electrons. The van der Waals surface area contributed by atoms with Crippen molar-refractivity contribution in [3.8, 4) is 0 Å². The predicted molar refractivity (Wildman–Crippen MR) is 60.9 cm³/mol. The Hall–Kier alpha value is -0.120. The highest BCUT2D eigenvalue weighted by Crippen LogP contribution is 2.45. The first-order chi connectivity index (χ1) is 7.57. The Kier molecular flexibility index (Phi) is 4.28. The minimum atomic E-state index is -5.02. The van der Waals surface area contributed by atoms with Gasteiger partial charge in [0.1, 0.15) is 0 Å². The number of halogens is 7. The molecule has 0 spiro atoms. The van der Waals surface area contributed by atoms with Gasteiger partial charge in [0, 0.05) is 8.47 Å². The van der Waals surface area contributed by atoms with Crippen LogP contribution in [0.3, 0.4) is 0 Å². The van der Waals surface area contributed by atoms with E-state index in [4.69, 9.17) is 0 Å². The fourth-order valence-electron chi connectivity index (χ4n) is 1.26. The van der Waals surface area contributed by atoms with Gasteiger partial charge in [-0.25, -0.2) is 0 Å². The van der Waals surface area contributed by atoms with Crippen LogP contribution in [0.5, 0.6) is 0 Å². The topological polar surface area (TPSA) is 0 Å². The molecule has 0 N–H and O–H groups in total. The molecule has 0 fully saturated rings. The minimum Gasteiger partial charge on any atom is -0.166 e.